The van der Waals surface area contributed by atoms with Gasteiger partial charge in [0.15, 0.2) is 0 Å². The van der Waals surface area contributed by atoms with Crippen LogP contribution in [-0.2, 0) is 10.0 Å². The second-order valence-corrected chi connectivity index (χ2v) is 7.21. The molecule has 0 saturated heterocycles. The van der Waals surface area contributed by atoms with Crippen molar-refractivity contribution in [2.45, 2.75) is 44.0 Å². The Bertz CT molecular complexity index is 671. The molecular weight excluding hydrogens is 284 g/mol. The third-order valence-corrected chi connectivity index (χ3v) is 5.21. The molecule has 3 N–H and O–H groups in total. The van der Waals surface area contributed by atoms with E-state index >= 15 is 0 Å². The van der Waals surface area contributed by atoms with Gasteiger partial charge >= 0.3 is 0 Å². The molecule has 5 heteroatoms. The molecule has 1 aliphatic carbocycles. The smallest absolute Gasteiger partial charge is 0.240 e. The number of hydrogen-bond donors (Lipinski definition) is 2. The second kappa shape index (κ2) is 6.61. The Morgan fingerprint density at radius 3 is 2.81 bits per heavy atom. The van der Waals surface area contributed by atoms with Crippen LogP contribution >= 0.6 is 0 Å². The molecule has 21 heavy (non-hydrogen) atoms. The fourth-order valence-corrected chi connectivity index (χ4v) is 3.84. The number of sulfonamides is 1. The van der Waals surface area contributed by atoms with Crippen LogP contribution in [0.3, 0.4) is 0 Å². The van der Waals surface area contributed by atoms with E-state index in [-0.39, 0.29) is 6.04 Å². The highest BCUT2D eigenvalue weighted by atomic mass is 32.2. The minimum atomic E-state index is -3.43. The van der Waals surface area contributed by atoms with Crippen molar-refractivity contribution in [2.24, 2.45) is 11.7 Å². The fourth-order valence-electron chi connectivity index (χ4n) is 2.44. The van der Waals surface area contributed by atoms with E-state index in [1.54, 1.807) is 18.2 Å². The standard InChI is InChI=1S/C16H22N2O2S/c1-3-5-14-11-16(14)18-21(19,20)15-8-7-13(6-4-9-17)12(2)10-15/h7-8,10,14,16,18H,3,5,9,11,17H2,1-2H3. The number of nitrogens with two attached hydrogens (primary N) is 1. The quantitative estimate of drug-likeness (QED) is 0.814. The number of aryl methyl sites for hydroxylation is 1. The topological polar surface area (TPSA) is 72.2 Å². The van der Waals surface area contributed by atoms with E-state index in [4.69, 9.17) is 5.73 Å². The van der Waals surface area contributed by atoms with Gasteiger partial charge in [-0.15, -0.1) is 0 Å². The van der Waals surface area contributed by atoms with Gasteiger partial charge in [0.2, 0.25) is 10.0 Å². The van der Waals surface area contributed by atoms with Gasteiger partial charge in [0.05, 0.1) is 11.4 Å². The minimum Gasteiger partial charge on any atom is -0.320 e. The Labute approximate surface area is 127 Å². The van der Waals surface area contributed by atoms with Gasteiger partial charge in [-0.1, -0.05) is 25.2 Å². The lowest BCUT2D eigenvalue weighted by atomic mass is 10.1. The van der Waals surface area contributed by atoms with Crippen LogP contribution in [0.5, 0.6) is 0 Å². The fraction of sp³-hybridized carbons (Fsp3) is 0.500. The largest absolute Gasteiger partial charge is 0.320 e. The molecule has 114 valence electrons. The first kappa shape index (κ1) is 16.0. The summed E-state index contributed by atoms with van der Waals surface area (Å²) in [4.78, 5) is 0.306. The summed E-state index contributed by atoms with van der Waals surface area (Å²) in [5, 5.41) is 0. The van der Waals surface area contributed by atoms with Crippen LogP contribution in [-0.4, -0.2) is 21.0 Å². The highest BCUT2D eigenvalue weighted by Gasteiger charge is 2.39. The van der Waals surface area contributed by atoms with Gasteiger partial charge in [0, 0.05) is 11.6 Å². The average Bonchev–Trinajstić information content (AvgIpc) is 3.14. The van der Waals surface area contributed by atoms with Crippen molar-refractivity contribution in [1.29, 1.82) is 0 Å². The maximum absolute atomic E-state index is 12.3. The first-order chi connectivity index (χ1) is 9.97. The Morgan fingerprint density at radius 1 is 1.43 bits per heavy atom. The van der Waals surface area contributed by atoms with Crippen LogP contribution in [0.25, 0.3) is 0 Å². The van der Waals surface area contributed by atoms with Crippen molar-refractivity contribution in [3.05, 3.63) is 29.3 Å². The predicted octanol–water partition coefficient (Wildman–Crippen LogP) is 1.77. The monoisotopic (exact) mass is 306 g/mol. The summed E-state index contributed by atoms with van der Waals surface area (Å²) in [5.41, 5.74) is 7.01. The van der Waals surface area contributed by atoms with Crippen LogP contribution in [0.1, 0.15) is 37.3 Å². The van der Waals surface area contributed by atoms with Crippen LogP contribution in [0, 0.1) is 24.7 Å². The van der Waals surface area contributed by atoms with Crippen LogP contribution < -0.4 is 10.5 Å². The molecule has 0 aliphatic heterocycles. The molecule has 0 heterocycles. The summed E-state index contributed by atoms with van der Waals surface area (Å²) >= 11 is 0. The minimum absolute atomic E-state index is 0.104. The third-order valence-electron chi connectivity index (χ3n) is 3.72. The van der Waals surface area contributed by atoms with Crippen molar-refractivity contribution in [3.8, 4) is 11.8 Å². The molecule has 1 aliphatic rings. The molecule has 0 spiro atoms. The number of nitrogens with one attached hydrogen (secondary N) is 1. The number of benzene rings is 1. The summed E-state index contributed by atoms with van der Waals surface area (Å²) in [7, 11) is -3.43. The SMILES string of the molecule is CCCC1CC1NS(=O)(=O)c1ccc(C#CCN)c(C)c1. The number of rotatable bonds is 5. The lowest BCUT2D eigenvalue weighted by molar-refractivity contribution is 0.573. The summed E-state index contributed by atoms with van der Waals surface area (Å²) in [5.74, 6) is 6.22. The predicted molar refractivity (Wildman–Crippen MR) is 84.2 cm³/mol. The molecule has 0 bridgehead atoms. The van der Waals surface area contributed by atoms with E-state index < -0.39 is 10.0 Å². The van der Waals surface area contributed by atoms with E-state index in [1.807, 2.05) is 6.92 Å². The second-order valence-electron chi connectivity index (χ2n) is 5.49. The summed E-state index contributed by atoms with van der Waals surface area (Å²) in [6, 6.07) is 5.11. The molecule has 4 nitrogen and oxygen atoms in total. The number of hydrogen-bond acceptors (Lipinski definition) is 3. The Balaban J connectivity index is 2.12. The molecule has 1 saturated carbocycles. The molecule has 2 rings (SSSR count). The molecule has 1 aromatic carbocycles. The van der Waals surface area contributed by atoms with Gasteiger partial charge in [-0.3, -0.25) is 0 Å². The molecule has 1 aromatic rings. The van der Waals surface area contributed by atoms with Crippen molar-refractivity contribution in [2.75, 3.05) is 6.54 Å². The van der Waals surface area contributed by atoms with Crippen molar-refractivity contribution in [3.63, 3.8) is 0 Å². The van der Waals surface area contributed by atoms with Crippen molar-refractivity contribution >= 4 is 10.0 Å². The lowest BCUT2D eigenvalue weighted by Gasteiger charge is -2.08. The zero-order valence-corrected chi connectivity index (χ0v) is 13.3. The van der Waals surface area contributed by atoms with E-state index in [1.165, 1.54) is 0 Å². The van der Waals surface area contributed by atoms with Gasteiger partial charge in [-0.25, -0.2) is 13.1 Å². The van der Waals surface area contributed by atoms with Crippen molar-refractivity contribution < 1.29 is 8.42 Å². The first-order valence-electron chi connectivity index (χ1n) is 7.30. The summed E-state index contributed by atoms with van der Waals surface area (Å²) < 4.78 is 27.5. The van der Waals surface area contributed by atoms with Gasteiger partial charge in [0.25, 0.3) is 0 Å². The van der Waals surface area contributed by atoms with Crippen LogP contribution in [0.4, 0.5) is 0 Å². The van der Waals surface area contributed by atoms with Gasteiger partial charge in [-0.05, 0) is 49.4 Å². The van der Waals surface area contributed by atoms with Gasteiger partial charge in [0.1, 0.15) is 0 Å². The van der Waals surface area contributed by atoms with Crippen LogP contribution in [0.2, 0.25) is 0 Å². The molecule has 0 amide bonds. The van der Waals surface area contributed by atoms with E-state index in [9.17, 15) is 8.42 Å². The molecule has 0 radical (unpaired) electrons. The van der Waals surface area contributed by atoms with E-state index in [2.05, 4.69) is 23.5 Å². The maximum Gasteiger partial charge on any atom is 0.240 e. The first-order valence-corrected chi connectivity index (χ1v) is 8.78. The molecule has 2 unspecified atom stereocenters. The maximum atomic E-state index is 12.3. The van der Waals surface area contributed by atoms with Gasteiger partial charge in [-0.2, -0.15) is 0 Å². The Hall–Kier alpha value is -1.35. The van der Waals surface area contributed by atoms with Crippen molar-refractivity contribution in [1.82, 2.24) is 4.72 Å². The normalized spacial score (nSPS) is 20.7. The van der Waals surface area contributed by atoms with E-state index in [0.717, 1.165) is 30.4 Å². The lowest BCUT2D eigenvalue weighted by Crippen LogP contribution is -2.27. The molecule has 1 fully saturated rings. The molecule has 0 aromatic heterocycles. The Morgan fingerprint density at radius 2 is 2.19 bits per heavy atom. The molecule has 2 atom stereocenters. The summed E-state index contributed by atoms with van der Waals surface area (Å²) in [6.45, 7) is 4.27. The highest BCUT2D eigenvalue weighted by Crippen LogP contribution is 2.35. The molecular formula is C16H22N2O2S. The Kier molecular flexibility index (Phi) is 5.04. The highest BCUT2D eigenvalue weighted by molar-refractivity contribution is 7.89. The zero-order valence-electron chi connectivity index (χ0n) is 12.5. The zero-order chi connectivity index (χ0) is 15.5. The third kappa shape index (κ3) is 4.07. The van der Waals surface area contributed by atoms with E-state index in [0.29, 0.717) is 17.4 Å². The van der Waals surface area contributed by atoms with Gasteiger partial charge < -0.3 is 5.73 Å². The van der Waals surface area contributed by atoms with Crippen LogP contribution in [0.15, 0.2) is 23.1 Å². The summed E-state index contributed by atoms with van der Waals surface area (Å²) in [6.07, 6.45) is 3.13. The average molecular weight is 306 g/mol.